The number of amidine groups is 1. The summed E-state index contributed by atoms with van der Waals surface area (Å²) >= 11 is 0. The van der Waals surface area contributed by atoms with E-state index in [2.05, 4.69) is 15.5 Å². The molecule has 5 nitrogen and oxygen atoms in total. The van der Waals surface area contributed by atoms with Gasteiger partial charge < -0.3 is 14.6 Å². The predicted molar refractivity (Wildman–Crippen MR) is 71.8 cm³/mol. The van der Waals surface area contributed by atoms with Gasteiger partial charge in [-0.15, -0.1) is 12.4 Å². The van der Waals surface area contributed by atoms with Gasteiger partial charge in [0, 0.05) is 18.0 Å². The first-order valence-electron chi connectivity index (χ1n) is 5.56. The van der Waals surface area contributed by atoms with Crippen LogP contribution in [0.4, 0.5) is 0 Å². The number of hydrogen-bond acceptors (Lipinski definition) is 5. The lowest BCUT2D eigenvalue weighted by Gasteiger charge is -1.99. The predicted octanol–water partition coefficient (Wildman–Crippen LogP) is 1.80. The van der Waals surface area contributed by atoms with Crippen LogP contribution < -0.4 is 10.1 Å². The van der Waals surface area contributed by atoms with Gasteiger partial charge in [-0.3, -0.25) is 4.99 Å². The third-order valence-electron chi connectivity index (χ3n) is 2.83. The van der Waals surface area contributed by atoms with Crippen LogP contribution >= 0.6 is 12.4 Å². The molecule has 0 radical (unpaired) electrons. The van der Waals surface area contributed by atoms with Gasteiger partial charge in [0.2, 0.25) is 0 Å². The van der Waals surface area contributed by atoms with Crippen molar-refractivity contribution < 1.29 is 9.26 Å². The van der Waals surface area contributed by atoms with E-state index in [1.165, 1.54) is 0 Å². The molecule has 96 valence electrons. The van der Waals surface area contributed by atoms with Gasteiger partial charge in [0.15, 0.2) is 5.58 Å². The van der Waals surface area contributed by atoms with Crippen molar-refractivity contribution in [2.75, 3.05) is 20.2 Å². The quantitative estimate of drug-likeness (QED) is 0.921. The van der Waals surface area contributed by atoms with Crippen LogP contribution in [0.1, 0.15) is 5.69 Å². The van der Waals surface area contributed by atoms with E-state index in [1.807, 2.05) is 18.2 Å². The molecule has 1 aliphatic rings. The molecule has 0 spiro atoms. The van der Waals surface area contributed by atoms with Crippen LogP contribution in [-0.4, -0.2) is 31.2 Å². The minimum Gasteiger partial charge on any atom is -0.497 e. The monoisotopic (exact) mass is 267 g/mol. The van der Waals surface area contributed by atoms with Gasteiger partial charge in [0.05, 0.1) is 25.8 Å². The van der Waals surface area contributed by atoms with Gasteiger partial charge >= 0.3 is 0 Å². The van der Waals surface area contributed by atoms with Crippen molar-refractivity contribution in [2.45, 2.75) is 6.42 Å². The zero-order chi connectivity index (χ0) is 11.7. The highest BCUT2D eigenvalue weighted by molar-refractivity contribution is 5.90. The number of aliphatic imine (C=N–C) groups is 1. The highest BCUT2D eigenvalue weighted by Crippen LogP contribution is 2.23. The second kappa shape index (κ2) is 5.27. The SMILES string of the molecule is COc1ccc2c(CC3=NCCN3)noc2c1.Cl. The molecule has 1 aromatic carbocycles. The van der Waals surface area contributed by atoms with E-state index >= 15 is 0 Å². The molecule has 6 heteroatoms. The number of aromatic nitrogens is 1. The smallest absolute Gasteiger partial charge is 0.170 e. The van der Waals surface area contributed by atoms with Gasteiger partial charge in [-0.2, -0.15) is 0 Å². The van der Waals surface area contributed by atoms with E-state index in [-0.39, 0.29) is 12.4 Å². The van der Waals surface area contributed by atoms with Gasteiger partial charge in [-0.05, 0) is 12.1 Å². The molecular weight excluding hydrogens is 254 g/mol. The molecule has 0 saturated heterocycles. The fourth-order valence-electron chi connectivity index (χ4n) is 1.95. The Balaban J connectivity index is 0.00000120. The number of rotatable bonds is 3. The second-order valence-corrected chi connectivity index (χ2v) is 3.92. The summed E-state index contributed by atoms with van der Waals surface area (Å²) in [6.45, 7) is 1.76. The van der Waals surface area contributed by atoms with Crippen LogP contribution in [0.25, 0.3) is 11.0 Å². The molecule has 0 bridgehead atoms. The molecule has 18 heavy (non-hydrogen) atoms. The van der Waals surface area contributed by atoms with E-state index in [1.54, 1.807) is 7.11 Å². The highest BCUT2D eigenvalue weighted by Gasteiger charge is 2.13. The van der Waals surface area contributed by atoms with Crippen molar-refractivity contribution in [2.24, 2.45) is 4.99 Å². The Morgan fingerprint density at radius 3 is 3.06 bits per heavy atom. The molecule has 2 aromatic rings. The van der Waals surface area contributed by atoms with E-state index in [9.17, 15) is 0 Å². The Labute approximate surface area is 111 Å². The standard InChI is InChI=1S/C12H13N3O2.ClH/c1-16-8-2-3-9-10(15-17-11(9)6-8)7-12-13-4-5-14-12;/h2-3,6H,4-5,7H2,1H3,(H,13,14);1H. The topological polar surface area (TPSA) is 59.6 Å². The Morgan fingerprint density at radius 2 is 2.33 bits per heavy atom. The minimum atomic E-state index is 0. The molecule has 3 rings (SSSR count). The molecule has 2 heterocycles. The van der Waals surface area contributed by atoms with Crippen LogP contribution in [-0.2, 0) is 6.42 Å². The zero-order valence-electron chi connectivity index (χ0n) is 9.97. The fraction of sp³-hybridized carbons (Fsp3) is 0.333. The number of methoxy groups -OCH3 is 1. The Bertz CT molecular complexity index is 580. The maximum Gasteiger partial charge on any atom is 0.170 e. The van der Waals surface area contributed by atoms with Crippen molar-refractivity contribution in [1.82, 2.24) is 10.5 Å². The molecule has 1 aromatic heterocycles. The summed E-state index contributed by atoms with van der Waals surface area (Å²) in [5, 5.41) is 8.32. The number of fused-ring (bicyclic) bond motifs is 1. The zero-order valence-corrected chi connectivity index (χ0v) is 10.8. The highest BCUT2D eigenvalue weighted by atomic mass is 35.5. The van der Waals surface area contributed by atoms with Crippen LogP contribution in [0.3, 0.4) is 0 Å². The molecule has 0 aliphatic carbocycles. The average Bonchev–Trinajstić information content (AvgIpc) is 2.99. The van der Waals surface area contributed by atoms with Gasteiger partial charge in [0.1, 0.15) is 11.6 Å². The average molecular weight is 268 g/mol. The van der Waals surface area contributed by atoms with E-state index in [0.29, 0.717) is 6.42 Å². The number of benzene rings is 1. The second-order valence-electron chi connectivity index (χ2n) is 3.92. The summed E-state index contributed by atoms with van der Waals surface area (Å²) in [6, 6.07) is 5.72. The molecule has 0 saturated carbocycles. The van der Waals surface area contributed by atoms with Gasteiger partial charge in [0.25, 0.3) is 0 Å². The number of hydrogen-bond donors (Lipinski definition) is 1. The van der Waals surface area contributed by atoms with Crippen LogP contribution in [0, 0.1) is 0 Å². The lowest BCUT2D eigenvalue weighted by Crippen LogP contribution is -2.20. The fourth-order valence-corrected chi connectivity index (χ4v) is 1.95. The van der Waals surface area contributed by atoms with Crippen molar-refractivity contribution in [3.63, 3.8) is 0 Å². The minimum absolute atomic E-state index is 0. The van der Waals surface area contributed by atoms with Crippen molar-refractivity contribution in [3.05, 3.63) is 23.9 Å². The maximum atomic E-state index is 5.29. The summed E-state index contributed by atoms with van der Waals surface area (Å²) < 4.78 is 10.4. The Hall–Kier alpha value is -1.75. The summed E-state index contributed by atoms with van der Waals surface area (Å²) in [5.41, 5.74) is 1.66. The first kappa shape index (κ1) is 12.7. The van der Waals surface area contributed by atoms with Crippen LogP contribution in [0.2, 0.25) is 0 Å². The van der Waals surface area contributed by atoms with Crippen molar-refractivity contribution in [3.8, 4) is 5.75 Å². The molecule has 1 aliphatic heterocycles. The lowest BCUT2D eigenvalue weighted by molar-refractivity contribution is 0.411. The summed E-state index contributed by atoms with van der Waals surface area (Å²) in [4.78, 5) is 4.35. The molecule has 1 N–H and O–H groups in total. The van der Waals surface area contributed by atoms with Gasteiger partial charge in [-0.25, -0.2) is 0 Å². The van der Waals surface area contributed by atoms with Gasteiger partial charge in [-0.1, -0.05) is 5.16 Å². The Morgan fingerprint density at radius 1 is 1.44 bits per heavy atom. The Kier molecular flexibility index (Phi) is 3.72. The normalized spacial score (nSPS) is 13.9. The first-order chi connectivity index (χ1) is 8.36. The number of halogens is 1. The largest absolute Gasteiger partial charge is 0.497 e. The van der Waals surface area contributed by atoms with E-state index < -0.39 is 0 Å². The van der Waals surface area contributed by atoms with Crippen LogP contribution in [0.5, 0.6) is 5.75 Å². The lowest BCUT2D eigenvalue weighted by atomic mass is 10.1. The molecule has 0 atom stereocenters. The van der Waals surface area contributed by atoms with E-state index in [4.69, 9.17) is 9.26 Å². The van der Waals surface area contributed by atoms with Crippen LogP contribution in [0.15, 0.2) is 27.7 Å². The molecule has 0 amide bonds. The maximum absolute atomic E-state index is 5.29. The molecular formula is C12H14ClN3O2. The third kappa shape index (κ3) is 2.26. The first-order valence-corrected chi connectivity index (χ1v) is 5.56. The summed E-state index contributed by atoms with van der Waals surface area (Å²) in [6.07, 6.45) is 0.694. The molecule has 0 unspecified atom stereocenters. The van der Waals surface area contributed by atoms with Crippen molar-refractivity contribution in [1.29, 1.82) is 0 Å². The molecule has 0 fully saturated rings. The summed E-state index contributed by atoms with van der Waals surface area (Å²) in [7, 11) is 1.63. The third-order valence-corrected chi connectivity index (χ3v) is 2.83. The van der Waals surface area contributed by atoms with E-state index in [0.717, 1.165) is 41.3 Å². The van der Waals surface area contributed by atoms with Crippen molar-refractivity contribution >= 4 is 29.2 Å². The summed E-state index contributed by atoms with van der Waals surface area (Å²) in [5.74, 6) is 1.76. The number of nitrogens with one attached hydrogen (secondary N) is 1. The number of ether oxygens (including phenoxy) is 1. The number of nitrogens with zero attached hydrogens (tertiary/aromatic N) is 2.